The van der Waals surface area contributed by atoms with E-state index in [1.165, 1.54) is 9.21 Å². The van der Waals surface area contributed by atoms with Crippen molar-refractivity contribution in [3.63, 3.8) is 0 Å². The molecule has 2 aromatic carbocycles. The van der Waals surface area contributed by atoms with E-state index in [0.717, 1.165) is 11.8 Å². The second-order valence-electron chi connectivity index (χ2n) is 8.86. The van der Waals surface area contributed by atoms with Gasteiger partial charge in [-0.15, -0.1) is 0 Å². The van der Waals surface area contributed by atoms with Crippen LogP contribution in [-0.4, -0.2) is 50.5 Å². The number of benzene rings is 2. The zero-order valence-corrected chi connectivity index (χ0v) is 22.8. The van der Waals surface area contributed by atoms with Gasteiger partial charge in [0.05, 0.1) is 22.0 Å². The highest BCUT2D eigenvalue weighted by atomic mass is 35.5. The maximum absolute atomic E-state index is 13.3. The highest BCUT2D eigenvalue weighted by Crippen LogP contribution is 2.24. The van der Waals surface area contributed by atoms with Crippen molar-refractivity contribution >= 4 is 50.7 Å². The van der Waals surface area contributed by atoms with Crippen LogP contribution >= 0.6 is 23.2 Å². The minimum Gasteiger partial charge on any atom is -0.354 e. The molecule has 35 heavy (non-hydrogen) atoms. The third-order valence-corrected chi connectivity index (χ3v) is 7.32. The van der Waals surface area contributed by atoms with Gasteiger partial charge in [-0.2, -0.15) is 0 Å². The van der Waals surface area contributed by atoms with Gasteiger partial charge in [0.15, 0.2) is 0 Å². The van der Waals surface area contributed by atoms with Crippen LogP contribution in [0.5, 0.6) is 0 Å². The summed E-state index contributed by atoms with van der Waals surface area (Å²) in [6.45, 7) is 6.47. The van der Waals surface area contributed by atoms with Gasteiger partial charge in [-0.05, 0) is 49.1 Å². The SMILES string of the molecule is CC(C)CNC(=O)C(C)N(Cc1ccc(Cl)c(Cl)c1)C(=O)CCCN(c1ccccc1)S(C)(=O)=O. The fraction of sp³-hybridized carbons (Fsp3) is 0.440. The Labute approximate surface area is 218 Å². The van der Waals surface area contributed by atoms with E-state index in [4.69, 9.17) is 23.2 Å². The van der Waals surface area contributed by atoms with Crippen molar-refractivity contribution in [1.82, 2.24) is 10.2 Å². The predicted molar refractivity (Wildman–Crippen MR) is 142 cm³/mol. The highest BCUT2D eigenvalue weighted by Gasteiger charge is 2.27. The molecule has 0 radical (unpaired) electrons. The molecular weight excluding hydrogens is 509 g/mol. The Balaban J connectivity index is 2.17. The molecule has 0 aliphatic heterocycles. The summed E-state index contributed by atoms with van der Waals surface area (Å²) in [6.07, 6.45) is 1.50. The number of amides is 2. The van der Waals surface area contributed by atoms with Crippen molar-refractivity contribution in [3.8, 4) is 0 Å². The molecule has 7 nitrogen and oxygen atoms in total. The molecule has 10 heteroatoms. The molecule has 1 unspecified atom stereocenters. The monoisotopic (exact) mass is 541 g/mol. The van der Waals surface area contributed by atoms with Crippen LogP contribution in [0.15, 0.2) is 48.5 Å². The van der Waals surface area contributed by atoms with Gasteiger partial charge in [0, 0.05) is 26.1 Å². The van der Waals surface area contributed by atoms with Gasteiger partial charge in [0.1, 0.15) is 6.04 Å². The van der Waals surface area contributed by atoms with E-state index in [1.807, 2.05) is 13.8 Å². The summed E-state index contributed by atoms with van der Waals surface area (Å²) in [7, 11) is -3.52. The highest BCUT2D eigenvalue weighted by molar-refractivity contribution is 7.92. The van der Waals surface area contributed by atoms with Crippen molar-refractivity contribution < 1.29 is 18.0 Å². The first kappa shape index (κ1) is 28.9. The number of rotatable bonds is 12. The predicted octanol–water partition coefficient (Wildman–Crippen LogP) is 4.73. The van der Waals surface area contributed by atoms with Crippen molar-refractivity contribution in [2.45, 2.75) is 46.2 Å². The molecule has 0 aromatic heterocycles. The van der Waals surface area contributed by atoms with E-state index in [0.29, 0.717) is 28.7 Å². The second-order valence-corrected chi connectivity index (χ2v) is 11.6. The Hall–Kier alpha value is -2.29. The summed E-state index contributed by atoms with van der Waals surface area (Å²) in [5, 5.41) is 3.63. The summed E-state index contributed by atoms with van der Waals surface area (Å²) in [4.78, 5) is 27.5. The zero-order valence-electron chi connectivity index (χ0n) is 20.5. The van der Waals surface area contributed by atoms with Gasteiger partial charge in [-0.1, -0.05) is 61.3 Å². The molecule has 1 atom stereocenters. The van der Waals surface area contributed by atoms with Crippen molar-refractivity contribution in [2.24, 2.45) is 5.92 Å². The van der Waals surface area contributed by atoms with Gasteiger partial charge in [-0.3, -0.25) is 13.9 Å². The van der Waals surface area contributed by atoms with Crippen LogP contribution in [0.25, 0.3) is 0 Å². The van der Waals surface area contributed by atoms with Crippen LogP contribution in [0, 0.1) is 5.92 Å². The van der Waals surface area contributed by atoms with E-state index in [1.54, 1.807) is 55.5 Å². The maximum Gasteiger partial charge on any atom is 0.242 e. The van der Waals surface area contributed by atoms with E-state index < -0.39 is 16.1 Å². The molecule has 192 valence electrons. The number of sulfonamides is 1. The third-order valence-electron chi connectivity index (χ3n) is 5.39. The van der Waals surface area contributed by atoms with E-state index in [-0.39, 0.29) is 37.2 Å². The van der Waals surface area contributed by atoms with Gasteiger partial charge < -0.3 is 10.2 Å². The molecule has 0 saturated carbocycles. The summed E-state index contributed by atoms with van der Waals surface area (Å²) in [5.41, 5.74) is 1.27. The van der Waals surface area contributed by atoms with E-state index >= 15 is 0 Å². The van der Waals surface area contributed by atoms with Crippen molar-refractivity contribution in [1.29, 1.82) is 0 Å². The fourth-order valence-corrected chi connectivity index (χ4v) is 4.75. The van der Waals surface area contributed by atoms with Gasteiger partial charge in [0.2, 0.25) is 21.8 Å². The minimum absolute atomic E-state index is 0.0714. The van der Waals surface area contributed by atoms with E-state index in [2.05, 4.69) is 5.32 Å². The molecule has 1 N–H and O–H groups in total. The van der Waals surface area contributed by atoms with Crippen LogP contribution < -0.4 is 9.62 Å². The molecule has 2 amide bonds. The van der Waals surface area contributed by atoms with Crippen LogP contribution in [-0.2, 0) is 26.2 Å². The van der Waals surface area contributed by atoms with Gasteiger partial charge >= 0.3 is 0 Å². The number of nitrogens with one attached hydrogen (secondary N) is 1. The zero-order chi connectivity index (χ0) is 26.2. The van der Waals surface area contributed by atoms with Crippen molar-refractivity contribution in [2.75, 3.05) is 23.7 Å². The van der Waals surface area contributed by atoms with Gasteiger partial charge in [-0.25, -0.2) is 8.42 Å². The van der Waals surface area contributed by atoms with Crippen LogP contribution in [0.2, 0.25) is 10.0 Å². The third kappa shape index (κ3) is 9.02. The number of para-hydroxylation sites is 1. The Morgan fingerprint density at radius 2 is 1.66 bits per heavy atom. The molecule has 0 fully saturated rings. The summed E-state index contributed by atoms with van der Waals surface area (Å²) in [6, 6.07) is 13.1. The molecule has 2 rings (SSSR count). The normalized spacial score (nSPS) is 12.3. The Morgan fingerprint density at radius 3 is 2.23 bits per heavy atom. The maximum atomic E-state index is 13.3. The van der Waals surface area contributed by atoms with Crippen molar-refractivity contribution in [3.05, 3.63) is 64.1 Å². The molecule has 0 spiro atoms. The first-order valence-electron chi connectivity index (χ1n) is 11.4. The second kappa shape index (κ2) is 13.1. The van der Waals surface area contributed by atoms with E-state index in [9.17, 15) is 18.0 Å². The van der Waals surface area contributed by atoms with Crippen LogP contribution in [0.1, 0.15) is 39.2 Å². The fourth-order valence-electron chi connectivity index (χ4n) is 3.47. The molecular formula is C25H33Cl2N3O4S. The topological polar surface area (TPSA) is 86.8 Å². The number of carbonyl (C=O) groups is 2. The minimum atomic E-state index is -3.52. The lowest BCUT2D eigenvalue weighted by atomic mass is 10.1. The molecule has 0 bridgehead atoms. The molecule has 0 saturated heterocycles. The first-order chi connectivity index (χ1) is 16.4. The quantitative estimate of drug-likeness (QED) is 0.420. The number of hydrogen-bond acceptors (Lipinski definition) is 4. The summed E-state index contributed by atoms with van der Waals surface area (Å²) < 4.78 is 25.9. The van der Waals surface area contributed by atoms with Gasteiger partial charge in [0.25, 0.3) is 0 Å². The standard InChI is InChI=1S/C25H33Cl2N3O4S/c1-18(2)16-28-25(32)19(3)29(17-20-12-13-22(26)23(27)15-20)24(31)11-8-14-30(35(4,33)34)21-9-6-5-7-10-21/h5-7,9-10,12-13,15,18-19H,8,11,14,16-17H2,1-4H3,(H,28,32). The average Bonchev–Trinajstić information content (AvgIpc) is 2.80. The summed E-state index contributed by atoms with van der Waals surface area (Å²) >= 11 is 12.2. The Bertz CT molecular complexity index is 1110. The Morgan fingerprint density at radius 1 is 1.00 bits per heavy atom. The lowest BCUT2D eigenvalue weighted by Crippen LogP contribution is -2.48. The number of carbonyl (C=O) groups excluding carboxylic acids is 2. The molecule has 2 aromatic rings. The first-order valence-corrected chi connectivity index (χ1v) is 14.0. The molecule has 0 aliphatic carbocycles. The Kier molecular flexibility index (Phi) is 10.9. The summed E-state index contributed by atoms with van der Waals surface area (Å²) in [5.74, 6) is -0.246. The molecule has 0 heterocycles. The number of anilines is 1. The lowest BCUT2D eigenvalue weighted by Gasteiger charge is -2.29. The molecule has 0 aliphatic rings. The number of halogens is 2. The number of hydrogen-bond donors (Lipinski definition) is 1. The largest absolute Gasteiger partial charge is 0.354 e. The van der Waals surface area contributed by atoms with Crippen LogP contribution in [0.3, 0.4) is 0 Å². The number of nitrogens with zero attached hydrogens (tertiary/aromatic N) is 2. The average molecular weight is 543 g/mol. The van der Waals surface area contributed by atoms with Crippen LogP contribution in [0.4, 0.5) is 5.69 Å². The smallest absolute Gasteiger partial charge is 0.242 e. The lowest BCUT2D eigenvalue weighted by molar-refractivity contribution is -0.140.